The van der Waals surface area contributed by atoms with E-state index in [0.717, 1.165) is 24.8 Å². The van der Waals surface area contributed by atoms with Crippen LogP contribution in [0.2, 0.25) is 0 Å². The van der Waals surface area contributed by atoms with Crippen molar-refractivity contribution in [2.75, 3.05) is 19.9 Å². The van der Waals surface area contributed by atoms with E-state index in [1.807, 2.05) is 6.07 Å². The molecule has 0 amide bonds. The molecule has 2 rings (SSSR count). The lowest BCUT2D eigenvalue weighted by Crippen LogP contribution is -2.41. The van der Waals surface area contributed by atoms with Crippen LogP contribution in [0.3, 0.4) is 0 Å². The van der Waals surface area contributed by atoms with Gasteiger partial charge in [-0.15, -0.1) is 0 Å². The first kappa shape index (κ1) is 13.4. The van der Waals surface area contributed by atoms with Gasteiger partial charge in [0.2, 0.25) is 0 Å². The van der Waals surface area contributed by atoms with Gasteiger partial charge in [-0.1, -0.05) is 18.6 Å². The predicted octanol–water partition coefficient (Wildman–Crippen LogP) is 1.48. The predicted molar refractivity (Wildman–Crippen MR) is 70.7 cm³/mol. The molecule has 5 heteroatoms. The lowest BCUT2D eigenvalue weighted by Gasteiger charge is -2.42. The molecule has 1 aliphatic carbocycles. The van der Waals surface area contributed by atoms with Gasteiger partial charge in [-0.3, -0.25) is 0 Å². The summed E-state index contributed by atoms with van der Waals surface area (Å²) < 4.78 is 28.9. The van der Waals surface area contributed by atoms with E-state index in [1.165, 1.54) is 13.4 Å². The minimum atomic E-state index is -3.29. The topological polar surface area (TPSA) is 69.4 Å². The second-order valence-electron chi connectivity index (χ2n) is 4.95. The summed E-state index contributed by atoms with van der Waals surface area (Å²) in [6.45, 7) is 0.524. The van der Waals surface area contributed by atoms with Crippen molar-refractivity contribution >= 4 is 9.84 Å². The van der Waals surface area contributed by atoms with Crippen molar-refractivity contribution in [3.05, 3.63) is 23.8 Å². The molecule has 4 nitrogen and oxygen atoms in total. The second-order valence-corrected chi connectivity index (χ2v) is 6.93. The molecule has 1 aromatic rings. The minimum Gasteiger partial charge on any atom is -0.495 e. The van der Waals surface area contributed by atoms with Crippen LogP contribution in [0.1, 0.15) is 24.8 Å². The molecule has 18 heavy (non-hydrogen) atoms. The van der Waals surface area contributed by atoms with E-state index in [-0.39, 0.29) is 10.3 Å². The van der Waals surface area contributed by atoms with E-state index in [4.69, 9.17) is 10.5 Å². The monoisotopic (exact) mass is 269 g/mol. The van der Waals surface area contributed by atoms with Crippen LogP contribution in [0.5, 0.6) is 5.75 Å². The van der Waals surface area contributed by atoms with Gasteiger partial charge in [-0.25, -0.2) is 8.42 Å². The lowest BCUT2D eigenvalue weighted by atomic mass is 9.64. The highest BCUT2D eigenvalue weighted by molar-refractivity contribution is 7.90. The van der Waals surface area contributed by atoms with Gasteiger partial charge in [0.05, 0.1) is 7.11 Å². The Labute approximate surface area is 108 Å². The average molecular weight is 269 g/mol. The van der Waals surface area contributed by atoms with E-state index < -0.39 is 9.84 Å². The Balaban J connectivity index is 2.62. The summed E-state index contributed by atoms with van der Waals surface area (Å²) in [6, 6.07) is 5.28. The normalized spacial score (nSPS) is 18.2. The third-order valence-corrected chi connectivity index (χ3v) is 4.98. The van der Waals surface area contributed by atoms with Gasteiger partial charge in [-0.05, 0) is 18.9 Å². The Morgan fingerprint density at radius 1 is 1.39 bits per heavy atom. The zero-order valence-corrected chi connectivity index (χ0v) is 11.6. The van der Waals surface area contributed by atoms with Gasteiger partial charge in [0.25, 0.3) is 0 Å². The molecule has 0 radical (unpaired) electrons. The van der Waals surface area contributed by atoms with Crippen molar-refractivity contribution < 1.29 is 13.2 Å². The summed E-state index contributed by atoms with van der Waals surface area (Å²) in [5, 5.41) is 0. The molecule has 100 valence electrons. The molecule has 0 unspecified atom stereocenters. The Morgan fingerprint density at radius 2 is 2.06 bits per heavy atom. The van der Waals surface area contributed by atoms with E-state index in [9.17, 15) is 8.42 Å². The Kier molecular flexibility index (Phi) is 3.38. The second kappa shape index (κ2) is 4.55. The molecule has 0 spiro atoms. The molecular weight excluding hydrogens is 250 g/mol. The summed E-state index contributed by atoms with van der Waals surface area (Å²) >= 11 is 0. The molecule has 0 saturated heterocycles. The summed E-state index contributed by atoms with van der Waals surface area (Å²) in [5.41, 5.74) is 6.71. The van der Waals surface area contributed by atoms with Gasteiger partial charge in [-0.2, -0.15) is 0 Å². The summed E-state index contributed by atoms with van der Waals surface area (Å²) in [4.78, 5) is 0.252. The minimum absolute atomic E-state index is 0.105. The SMILES string of the molecule is COc1c(C2(CN)CCC2)cccc1S(C)(=O)=O. The van der Waals surface area contributed by atoms with E-state index in [0.29, 0.717) is 12.3 Å². The van der Waals surface area contributed by atoms with Crippen molar-refractivity contribution in [1.82, 2.24) is 0 Å². The zero-order chi connectivity index (χ0) is 13.4. The molecule has 0 aromatic heterocycles. The smallest absolute Gasteiger partial charge is 0.179 e. The van der Waals surface area contributed by atoms with Crippen LogP contribution in [0.25, 0.3) is 0 Å². The summed E-state index contributed by atoms with van der Waals surface area (Å²) in [5.74, 6) is 0.463. The highest BCUT2D eigenvalue weighted by Crippen LogP contribution is 2.47. The molecule has 2 N–H and O–H groups in total. The van der Waals surface area contributed by atoms with Crippen molar-refractivity contribution in [1.29, 1.82) is 0 Å². The quantitative estimate of drug-likeness (QED) is 0.899. The maximum Gasteiger partial charge on any atom is 0.179 e. The van der Waals surface area contributed by atoms with E-state index in [1.54, 1.807) is 12.1 Å². The Bertz CT molecular complexity index is 542. The molecule has 0 bridgehead atoms. The van der Waals surface area contributed by atoms with Gasteiger partial charge in [0, 0.05) is 23.8 Å². The number of para-hydroxylation sites is 1. The Morgan fingerprint density at radius 3 is 2.44 bits per heavy atom. The van der Waals surface area contributed by atoms with E-state index in [2.05, 4.69) is 0 Å². The molecule has 0 aliphatic heterocycles. The summed E-state index contributed by atoms with van der Waals surface area (Å²) in [6.07, 6.45) is 4.31. The van der Waals surface area contributed by atoms with Crippen LogP contribution < -0.4 is 10.5 Å². The maximum atomic E-state index is 11.8. The van der Waals surface area contributed by atoms with Crippen LogP contribution in [-0.2, 0) is 15.3 Å². The highest BCUT2D eigenvalue weighted by atomic mass is 32.2. The number of benzene rings is 1. The number of rotatable bonds is 4. The van der Waals surface area contributed by atoms with Crippen molar-refractivity contribution in [2.24, 2.45) is 5.73 Å². The third-order valence-electron chi connectivity index (χ3n) is 3.86. The standard InChI is InChI=1S/C13H19NO3S/c1-17-12-10(13(9-14)7-4-8-13)5-3-6-11(12)18(2,15)16/h3,5-6H,4,7-9,14H2,1-2H3. The number of methoxy groups -OCH3 is 1. The highest BCUT2D eigenvalue weighted by Gasteiger charge is 2.40. The number of sulfone groups is 1. The first-order chi connectivity index (χ1) is 8.44. The summed E-state index contributed by atoms with van der Waals surface area (Å²) in [7, 11) is -1.78. The van der Waals surface area contributed by atoms with Gasteiger partial charge in [0.1, 0.15) is 10.6 Å². The molecule has 0 heterocycles. The Hall–Kier alpha value is -1.07. The average Bonchev–Trinajstić information content (AvgIpc) is 2.27. The van der Waals surface area contributed by atoms with Gasteiger partial charge >= 0.3 is 0 Å². The fourth-order valence-electron chi connectivity index (χ4n) is 2.62. The fraction of sp³-hybridized carbons (Fsp3) is 0.538. The third kappa shape index (κ3) is 2.01. The molecule has 0 atom stereocenters. The van der Waals surface area contributed by atoms with Crippen molar-refractivity contribution in [3.63, 3.8) is 0 Å². The molecule has 1 saturated carbocycles. The number of hydrogen-bond acceptors (Lipinski definition) is 4. The largest absolute Gasteiger partial charge is 0.495 e. The van der Waals surface area contributed by atoms with Crippen LogP contribution in [-0.4, -0.2) is 28.3 Å². The fourth-order valence-corrected chi connectivity index (χ4v) is 3.48. The van der Waals surface area contributed by atoms with Gasteiger partial charge in [0.15, 0.2) is 9.84 Å². The number of nitrogens with two attached hydrogens (primary N) is 1. The van der Waals surface area contributed by atoms with Gasteiger partial charge < -0.3 is 10.5 Å². The van der Waals surface area contributed by atoms with Crippen LogP contribution in [0.4, 0.5) is 0 Å². The number of ether oxygens (including phenoxy) is 1. The number of hydrogen-bond donors (Lipinski definition) is 1. The molecule has 1 aliphatic rings. The van der Waals surface area contributed by atoms with Crippen LogP contribution >= 0.6 is 0 Å². The van der Waals surface area contributed by atoms with E-state index >= 15 is 0 Å². The van der Waals surface area contributed by atoms with Crippen molar-refractivity contribution in [2.45, 2.75) is 29.6 Å². The maximum absolute atomic E-state index is 11.8. The zero-order valence-electron chi connectivity index (χ0n) is 10.8. The molecule has 1 fully saturated rings. The van der Waals surface area contributed by atoms with Crippen LogP contribution in [0, 0.1) is 0 Å². The molecular formula is C13H19NO3S. The first-order valence-corrected chi connectivity index (χ1v) is 7.91. The van der Waals surface area contributed by atoms with Crippen LogP contribution in [0.15, 0.2) is 23.1 Å². The first-order valence-electron chi connectivity index (χ1n) is 6.02. The molecule has 1 aromatic carbocycles. The van der Waals surface area contributed by atoms with Crippen molar-refractivity contribution in [3.8, 4) is 5.75 Å². The lowest BCUT2D eigenvalue weighted by molar-refractivity contribution is 0.242.